The first kappa shape index (κ1) is 22.2. The zero-order chi connectivity index (χ0) is 24.4. The van der Waals surface area contributed by atoms with E-state index in [-0.39, 0.29) is 35.3 Å². The van der Waals surface area contributed by atoms with Gasteiger partial charge in [0.2, 0.25) is 0 Å². The number of hydrogen-bond acceptors (Lipinski definition) is 4. The number of halogens is 1. The average molecular weight is 469 g/mol. The van der Waals surface area contributed by atoms with Crippen molar-refractivity contribution in [1.82, 2.24) is 0 Å². The third-order valence-corrected chi connectivity index (χ3v) is 5.88. The molecular formula is C28H20FNO5. The number of carboxylic acids is 1. The minimum absolute atomic E-state index is 0.0245. The van der Waals surface area contributed by atoms with Crippen molar-refractivity contribution in [1.29, 1.82) is 0 Å². The van der Waals surface area contributed by atoms with Crippen LogP contribution in [0.3, 0.4) is 0 Å². The van der Waals surface area contributed by atoms with Crippen molar-refractivity contribution in [3.05, 3.63) is 114 Å². The second-order valence-electron chi connectivity index (χ2n) is 7.97. The van der Waals surface area contributed by atoms with Gasteiger partial charge in [-0.3, -0.25) is 5.32 Å². The highest BCUT2D eigenvalue weighted by Crippen LogP contribution is 2.44. The number of amides is 1. The van der Waals surface area contributed by atoms with Crippen LogP contribution < -0.4 is 10.1 Å². The van der Waals surface area contributed by atoms with Crippen LogP contribution in [-0.4, -0.2) is 23.8 Å². The van der Waals surface area contributed by atoms with E-state index in [2.05, 4.69) is 5.32 Å². The molecule has 6 nitrogen and oxygen atoms in total. The van der Waals surface area contributed by atoms with Gasteiger partial charge in [0.05, 0.1) is 5.56 Å². The SMILES string of the molecule is O=C(Nc1c(Oc2ccccc2F)cccc1C(=O)O)OCC1c2ccccc2-c2ccccc21. The van der Waals surface area contributed by atoms with Crippen molar-refractivity contribution in [3.8, 4) is 22.6 Å². The number of aromatic carboxylic acids is 1. The van der Waals surface area contributed by atoms with Crippen LogP contribution in [-0.2, 0) is 4.74 Å². The lowest BCUT2D eigenvalue weighted by molar-refractivity contribution is 0.0697. The van der Waals surface area contributed by atoms with Gasteiger partial charge in [-0.05, 0) is 46.5 Å². The first-order chi connectivity index (χ1) is 17.0. The molecule has 0 aliphatic heterocycles. The Balaban J connectivity index is 1.38. The Morgan fingerprint density at radius 1 is 0.800 bits per heavy atom. The molecule has 1 aliphatic carbocycles. The van der Waals surface area contributed by atoms with Crippen molar-refractivity contribution in [2.24, 2.45) is 0 Å². The summed E-state index contributed by atoms with van der Waals surface area (Å²) < 4.78 is 25.2. The molecule has 2 N–H and O–H groups in total. The van der Waals surface area contributed by atoms with E-state index >= 15 is 0 Å². The van der Waals surface area contributed by atoms with E-state index in [1.165, 1.54) is 36.4 Å². The number of carboxylic acid groups (broad SMARTS) is 1. The third-order valence-electron chi connectivity index (χ3n) is 5.88. The smallest absolute Gasteiger partial charge is 0.411 e. The number of rotatable bonds is 6. The Bertz CT molecular complexity index is 1390. The van der Waals surface area contributed by atoms with Crippen molar-refractivity contribution in [2.45, 2.75) is 5.92 Å². The largest absolute Gasteiger partial charge is 0.478 e. The minimum atomic E-state index is -1.28. The normalized spacial score (nSPS) is 11.9. The maximum absolute atomic E-state index is 14.1. The molecule has 0 aromatic heterocycles. The van der Waals surface area contributed by atoms with Gasteiger partial charge in [-0.1, -0.05) is 66.7 Å². The lowest BCUT2D eigenvalue weighted by Crippen LogP contribution is -2.19. The fourth-order valence-corrected chi connectivity index (χ4v) is 4.31. The molecule has 0 unspecified atom stereocenters. The molecule has 1 aliphatic rings. The van der Waals surface area contributed by atoms with E-state index in [1.54, 1.807) is 6.07 Å². The van der Waals surface area contributed by atoms with Crippen LogP contribution in [0, 0.1) is 5.82 Å². The van der Waals surface area contributed by atoms with Gasteiger partial charge in [-0.15, -0.1) is 0 Å². The van der Waals surface area contributed by atoms with Gasteiger partial charge in [-0.25, -0.2) is 14.0 Å². The van der Waals surface area contributed by atoms with E-state index in [1.807, 2.05) is 48.5 Å². The molecule has 0 spiro atoms. The number of nitrogens with one attached hydrogen (secondary N) is 1. The average Bonchev–Trinajstić information content (AvgIpc) is 3.18. The predicted octanol–water partition coefficient (Wildman–Crippen LogP) is 6.68. The van der Waals surface area contributed by atoms with Gasteiger partial charge < -0.3 is 14.6 Å². The van der Waals surface area contributed by atoms with E-state index in [4.69, 9.17) is 9.47 Å². The molecule has 4 aromatic rings. The first-order valence-electron chi connectivity index (χ1n) is 10.9. The Hall–Kier alpha value is -4.65. The molecule has 0 bridgehead atoms. The second kappa shape index (κ2) is 9.30. The van der Waals surface area contributed by atoms with Gasteiger partial charge in [0, 0.05) is 5.92 Å². The maximum atomic E-state index is 14.1. The summed E-state index contributed by atoms with van der Waals surface area (Å²) in [5, 5.41) is 12.1. The van der Waals surface area contributed by atoms with Gasteiger partial charge in [0.1, 0.15) is 12.3 Å². The van der Waals surface area contributed by atoms with E-state index in [0.29, 0.717) is 0 Å². The predicted molar refractivity (Wildman–Crippen MR) is 129 cm³/mol. The molecule has 1 amide bonds. The van der Waals surface area contributed by atoms with Crippen molar-refractivity contribution >= 4 is 17.7 Å². The van der Waals surface area contributed by atoms with Crippen LogP contribution in [0.4, 0.5) is 14.9 Å². The topological polar surface area (TPSA) is 84.9 Å². The standard InChI is InChI=1S/C28H20FNO5/c29-23-13-5-6-14-24(23)35-25-15-7-12-21(27(31)32)26(25)30-28(33)34-16-22-19-10-3-1-8-17(19)18-9-2-4-11-20(18)22/h1-15,22H,16H2,(H,30,33)(H,31,32). The molecule has 7 heteroatoms. The van der Waals surface area contributed by atoms with Crippen molar-refractivity contribution in [2.75, 3.05) is 11.9 Å². The summed E-state index contributed by atoms with van der Waals surface area (Å²) in [6.45, 7) is 0.0542. The van der Waals surface area contributed by atoms with Crippen LogP contribution in [0.15, 0.2) is 91.0 Å². The quantitative estimate of drug-likeness (QED) is 0.329. The van der Waals surface area contributed by atoms with E-state index in [9.17, 15) is 19.1 Å². The third kappa shape index (κ3) is 4.31. The number of anilines is 1. The molecule has 4 aromatic carbocycles. The summed E-state index contributed by atoms with van der Waals surface area (Å²) in [6, 6.07) is 25.8. The Morgan fingerprint density at radius 3 is 2.06 bits per heavy atom. The number of fused-ring (bicyclic) bond motifs is 3. The van der Waals surface area contributed by atoms with Crippen molar-refractivity contribution in [3.63, 3.8) is 0 Å². The Labute approximate surface area is 200 Å². The minimum Gasteiger partial charge on any atom is -0.478 e. The molecule has 0 saturated carbocycles. The summed E-state index contributed by atoms with van der Waals surface area (Å²) in [6.07, 6.45) is -0.848. The molecule has 0 saturated heterocycles. The highest BCUT2D eigenvalue weighted by atomic mass is 19.1. The van der Waals surface area contributed by atoms with Gasteiger partial charge >= 0.3 is 12.1 Å². The summed E-state index contributed by atoms with van der Waals surface area (Å²) in [7, 11) is 0. The zero-order valence-electron chi connectivity index (χ0n) is 18.4. The zero-order valence-corrected chi connectivity index (χ0v) is 18.4. The molecule has 35 heavy (non-hydrogen) atoms. The molecule has 5 rings (SSSR count). The number of carbonyl (C=O) groups excluding carboxylic acids is 1. The van der Waals surface area contributed by atoms with Crippen LogP contribution in [0.1, 0.15) is 27.4 Å². The highest BCUT2D eigenvalue weighted by Gasteiger charge is 2.29. The highest BCUT2D eigenvalue weighted by molar-refractivity contribution is 6.00. The van der Waals surface area contributed by atoms with Crippen LogP contribution >= 0.6 is 0 Å². The van der Waals surface area contributed by atoms with E-state index in [0.717, 1.165) is 22.3 Å². The Morgan fingerprint density at radius 2 is 1.40 bits per heavy atom. The van der Waals surface area contributed by atoms with Crippen molar-refractivity contribution < 1.29 is 28.6 Å². The van der Waals surface area contributed by atoms with Crippen LogP contribution in [0.2, 0.25) is 0 Å². The lowest BCUT2D eigenvalue weighted by Gasteiger charge is -2.17. The summed E-state index contributed by atoms with van der Waals surface area (Å²) in [5.74, 6) is -2.19. The fourth-order valence-electron chi connectivity index (χ4n) is 4.31. The second-order valence-corrected chi connectivity index (χ2v) is 7.97. The van der Waals surface area contributed by atoms with Gasteiger partial charge in [0.15, 0.2) is 17.3 Å². The van der Waals surface area contributed by atoms with Crippen LogP contribution in [0.5, 0.6) is 11.5 Å². The van der Waals surface area contributed by atoms with Gasteiger partial charge in [-0.2, -0.15) is 0 Å². The van der Waals surface area contributed by atoms with Crippen LogP contribution in [0.25, 0.3) is 11.1 Å². The molecule has 0 fully saturated rings. The number of para-hydroxylation sites is 2. The lowest BCUT2D eigenvalue weighted by atomic mass is 9.98. The summed E-state index contributed by atoms with van der Waals surface area (Å²) in [4.78, 5) is 24.6. The number of benzene rings is 4. The fraction of sp³-hybridized carbons (Fsp3) is 0.0714. The molecule has 0 atom stereocenters. The van der Waals surface area contributed by atoms with Gasteiger partial charge in [0.25, 0.3) is 0 Å². The number of hydrogen-bond donors (Lipinski definition) is 2. The molecule has 0 radical (unpaired) electrons. The Kier molecular flexibility index (Phi) is 5.89. The van der Waals surface area contributed by atoms with E-state index < -0.39 is 17.9 Å². The monoisotopic (exact) mass is 469 g/mol. The first-order valence-corrected chi connectivity index (χ1v) is 10.9. The molecular weight excluding hydrogens is 449 g/mol. The summed E-state index contributed by atoms with van der Waals surface area (Å²) in [5.41, 5.74) is 3.95. The summed E-state index contributed by atoms with van der Waals surface area (Å²) >= 11 is 0. The number of carbonyl (C=O) groups is 2. The molecule has 174 valence electrons. The molecule has 0 heterocycles. The maximum Gasteiger partial charge on any atom is 0.411 e. The number of ether oxygens (including phenoxy) is 2.